The molecule has 2 aromatic carbocycles. The standard InChI is InChI=1S/C20H16BN3OS/c21-15-9-16-14(8-13(15)20(25)22-10-11-5-6-11)19(24-23-16)18-7-12-3-1-2-4-17(12)26-18/h1-4,7-9,11H,5-6,10H2,(H,22,25)(H,23,24). The number of carbonyl (C=O) groups excluding carboxylic acids is 1. The van der Waals surface area contributed by atoms with Gasteiger partial charge in [-0.25, -0.2) is 0 Å². The topological polar surface area (TPSA) is 57.8 Å². The Hall–Kier alpha value is -2.60. The Kier molecular flexibility index (Phi) is 3.60. The van der Waals surface area contributed by atoms with E-state index in [1.165, 1.54) is 22.9 Å². The highest BCUT2D eigenvalue weighted by molar-refractivity contribution is 7.22. The van der Waals surface area contributed by atoms with Crippen molar-refractivity contribution in [3.05, 3.63) is 48.0 Å². The van der Waals surface area contributed by atoms with E-state index in [1.54, 1.807) is 17.4 Å². The largest absolute Gasteiger partial charge is 0.352 e. The molecule has 1 aliphatic rings. The zero-order valence-corrected chi connectivity index (χ0v) is 14.9. The Morgan fingerprint density at radius 3 is 2.92 bits per heavy atom. The van der Waals surface area contributed by atoms with Crippen LogP contribution in [0.15, 0.2) is 42.5 Å². The summed E-state index contributed by atoms with van der Waals surface area (Å²) in [6.45, 7) is 0.727. The van der Waals surface area contributed by atoms with Crippen molar-refractivity contribution in [3.63, 3.8) is 0 Å². The summed E-state index contributed by atoms with van der Waals surface area (Å²) in [6, 6.07) is 14.1. The van der Waals surface area contributed by atoms with E-state index in [0.29, 0.717) is 16.9 Å². The van der Waals surface area contributed by atoms with Gasteiger partial charge in [0.05, 0.1) is 10.4 Å². The number of benzene rings is 2. The van der Waals surface area contributed by atoms with Gasteiger partial charge < -0.3 is 5.32 Å². The summed E-state index contributed by atoms with van der Waals surface area (Å²) in [6.07, 6.45) is 2.40. The van der Waals surface area contributed by atoms with Crippen molar-refractivity contribution < 1.29 is 4.79 Å². The molecule has 0 unspecified atom stereocenters. The summed E-state index contributed by atoms with van der Waals surface area (Å²) in [4.78, 5) is 13.6. The second-order valence-corrected chi connectivity index (χ2v) is 7.94. The first-order chi connectivity index (χ1) is 12.7. The molecule has 2 heterocycles. The van der Waals surface area contributed by atoms with Gasteiger partial charge in [-0.05, 0) is 48.4 Å². The zero-order valence-electron chi connectivity index (χ0n) is 14.1. The number of H-pyrrole nitrogens is 1. The van der Waals surface area contributed by atoms with E-state index in [9.17, 15) is 4.79 Å². The summed E-state index contributed by atoms with van der Waals surface area (Å²) < 4.78 is 1.22. The molecule has 5 rings (SSSR count). The fourth-order valence-corrected chi connectivity index (χ4v) is 4.28. The number of nitrogens with one attached hydrogen (secondary N) is 2. The van der Waals surface area contributed by atoms with Crippen LogP contribution in [0.1, 0.15) is 23.2 Å². The fraction of sp³-hybridized carbons (Fsp3) is 0.200. The molecule has 4 aromatic rings. The quantitative estimate of drug-likeness (QED) is 0.550. The number of carbonyl (C=O) groups is 1. The van der Waals surface area contributed by atoms with Crippen LogP contribution in [0.5, 0.6) is 0 Å². The fourth-order valence-electron chi connectivity index (χ4n) is 3.22. The van der Waals surface area contributed by atoms with Gasteiger partial charge in [-0.3, -0.25) is 9.89 Å². The van der Waals surface area contributed by atoms with E-state index >= 15 is 0 Å². The molecular formula is C20H16BN3OS. The van der Waals surface area contributed by atoms with Gasteiger partial charge in [-0.15, -0.1) is 11.3 Å². The molecule has 1 amide bonds. The van der Waals surface area contributed by atoms with Crippen LogP contribution in [0.2, 0.25) is 0 Å². The van der Waals surface area contributed by atoms with E-state index < -0.39 is 0 Å². The van der Waals surface area contributed by atoms with Crippen LogP contribution < -0.4 is 10.8 Å². The molecule has 2 N–H and O–H groups in total. The lowest BCUT2D eigenvalue weighted by molar-refractivity contribution is 0.0953. The van der Waals surface area contributed by atoms with Gasteiger partial charge in [0.2, 0.25) is 0 Å². The van der Waals surface area contributed by atoms with Crippen molar-refractivity contribution >= 4 is 51.5 Å². The Bertz CT molecular complexity index is 1110. The van der Waals surface area contributed by atoms with Crippen molar-refractivity contribution in [1.82, 2.24) is 15.5 Å². The zero-order chi connectivity index (χ0) is 17.7. The smallest absolute Gasteiger partial charge is 0.250 e. The normalized spacial score (nSPS) is 14.2. The molecule has 0 atom stereocenters. The van der Waals surface area contributed by atoms with Gasteiger partial charge >= 0.3 is 0 Å². The molecule has 2 radical (unpaired) electrons. The molecule has 6 heteroatoms. The van der Waals surface area contributed by atoms with Crippen LogP contribution in [0.25, 0.3) is 31.6 Å². The van der Waals surface area contributed by atoms with Crippen LogP contribution in [-0.4, -0.2) is 30.5 Å². The van der Waals surface area contributed by atoms with Crippen molar-refractivity contribution in [2.24, 2.45) is 5.92 Å². The first-order valence-corrected chi connectivity index (χ1v) is 9.55. The Labute approximate surface area is 156 Å². The Morgan fingerprint density at radius 1 is 1.27 bits per heavy atom. The van der Waals surface area contributed by atoms with Crippen LogP contribution >= 0.6 is 11.3 Å². The lowest BCUT2D eigenvalue weighted by Gasteiger charge is -2.08. The third-order valence-electron chi connectivity index (χ3n) is 4.88. The minimum absolute atomic E-state index is 0.111. The first kappa shape index (κ1) is 15.6. The third-order valence-corrected chi connectivity index (χ3v) is 6.01. The second kappa shape index (κ2) is 5.99. The van der Waals surface area contributed by atoms with Crippen LogP contribution in [0.3, 0.4) is 0 Å². The van der Waals surface area contributed by atoms with Crippen LogP contribution in [0.4, 0.5) is 0 Å². The highest BCUT2D eigenvalue weighted by Crippen LogP contribution is 2.35. The van der Waals surface area contributed by atoms with Gasteiger partial charge in [0, 0.05) is 22.2 Å². The molecular weight excluding hydrogens is 341 g/mol. The maximum atomic E-state index is 12.5. The lowest BCUT2D eigenvalue weighted by Crippen LogP contribution is -2.30. The average molecular weight is 357 g/mol. The van der Waals surface area contributed by atoms with Crippen molar-refractivity contribution in [1.29, 1.82) is 0 Å². The molecule has 1 fully saturated rings. The van der Waals surface area contributed by atoms with Gasteiger partial charge in [-0.1, -0.05) is 23.7 Å². The molecule has 0 bridgehead atoms. The predicted octanol–water partition coefficient (Wildman–Crippen LogP) is 3.38. The van der Waals surface area contributed by atoms with Crippen molar-refractivity contribution in [2.45, 2.75) is 12.8 Å². The van der Waals surface area contributed by atoms with Crippen molar-refractivity contribution in [3.8, 4) is 10.6 Å². The van der Waals surface area contributed by atoms with E-state index in [-0.39, 0.29) is 5.91 Å². The summed E-state index contributed by atoms with van der Waals surface area (Å²) in [7, 11) is 6.11. The van der Waals surface area contributed by atoms with Crippen LogP contribution in [-0.2, 0) is 0 Å². The van der Waals surface area contributed by atoms with E-state index in [0.717, 1.165) is 28.0 Å². The Morgan fingerprint density at radius 2 is 2.12 bits per heavy atom. The molecule has 0 spiro atoms. The molecule has 4 nitrogen and oxygen atoms in total. The van der Waals surface area contributed by atoms with E-state index in [1.807, 2.05) is 18.2 Å². The predicted molar refractivity (Wildman–Crippen MR) is 107 cm³/mol. The minimum Gasteiger partial charge on any atom is -0.352 e. The number of aromatic amines is 1. The summed E-state index contributed by atoms with van der Waals surface area (Å²) in [5.41, 5.74) is 2.69. The number of hydrogen-bond donors (Lipinski definition) is 2. The van der Waals surface area contributed by atoms with E-state index in [2.05, 4.69) is 33.7 Å². The average Bonchev–Trinajstić information content (AvgIpc) is 3.23. The monoisotopic (exact) mass is 357 g/mol. The molecule has 0 saturated heterocycles. The first-order valence-electron chi connectivity index (χ1n) is 8.74. The van der Waals surface area contributed by atoms with Crippen molar-refractivity contribution in [2.75, 3.05) is 6.54 Å². The number of thiophene rings is 1. The number of rotatable bonds is 4. The minimum atomic E-state index is -0.111. The Balaban J connectivity index is 1.57. The van der Waals surface area contributed by atoms with Gasteiger partial charge in [0.15, 0.2) is 0 Å². The summed E-state index contributed by atoms with van der Waals surface area (Å²) >= 11 is 1.70. The highest BCUT2D eigenvalue weighted by Gasteiger charge is 2.22. The third kappa shape index (κ3) is 2.70. The highest BCUT2D eigenvalue weighted by atomic mass is 32.1. The van der Waals surface area contributed by atoms with Gasteiger partial charge in [0.25, 0.3) is 5.91 Å². The molecule has 2 aromatic heterocycles. The molecule has 0 aliphatic heterocycles. The SMILES string of the molecule is [B]c1cc2[nH]nc(-c3cc4ccccc4s3)c2cc1C(=O)NCC1CC1. The lowest BCUT2D eigenvalue weighted by atomic mass is 9.88. The number of nitrogens with zero attached hydrogens (tertiary/aromatic N) is 1. The van der Waals surface area contributed by atoms with Gasteiger partial charge in [0.1, 0.15) is 13.5 Å². The number of fused-ring (bicyclic) bond motifs is 2. The van der Waals surface area contributed by atoms with E-state index in [4.69, 9.17) is 7.85 Å². The maximum Gasteiger partial charge on any atom is 0.250 e. The summed E-state index contributed by atoms with van der Waals surface area (Å²) in [5.74, 6) is 0.520. The van der Waals surface area contributed by atoms with Crippen LogP contribution in [0, 0.1) is 5.92 Å². The second-order valence-electron chi connectivity index (χ2n) is 6.86. The molecule has 1 saturated carbocycles. The molecule has 1 aliphatic carbocycles. The number of aromatic nitrogens is 2. The number of hydrogen-bond acceptors (Lipinski definition) is 3. The number of amides is 1. The molecule has 26 heavy (non-hydrogen) atoms. The van der Waals surface area contributed by atoms with Gasteiger partial charge in [-0.2, -0.15) is 5.10 Å². The molecule has 126 valence electrons. The maximum absolute atomic E-state index is 12.5. The summed E-state index contributed by atoms with van der Waals surface area (Å²) in [5, 5.41) is 12.6.